The summed E-state index contributed by atoms with van der Waals surface area (Å²) in [5.41, 5.74) is 0.368. The van der Waals surface area contributed by atoms with Crippen molar-refractivity contribution in [3.63, 3.8) is 0 Å². The van der Waals surface area contributed by atoms with Crippen molar-refractivity contribution in [2.45, 2.75) is 52.9 Å². The lowest BCUT2D eigenvalue weighted by molar-refractivity contribution is -0.146. The fraction of sp³-hybridized carbons (Fsp3) is 0.714. The standard InChI is InChI=1S/C14H24O4/c1-4-7-9-17-13(15)11-12(6-3)14(16)18-10-8-5-2/h6H,4-5,7-11H2,1-3H3. The van der Waals surface area contributed by atoms with Crippen LogP contribution in [0.1, 0.15) is 52.9 Å². The van der Waals surface area contributed by atoms with Gasteiger partial charge >= 0.3 is 11.9 Å². The number of rotatable bonds is 9. The van der Waals surface area contributed by atoms with E-state index in [1.165, 1.54) is 0 Å². The van der Waals surface area contributed by atoms with Gasteiger partial charge in [0, 0.05) is 5.57 Å². The van der Waals surface area contributed by atoms with E-state index in [0.717, 1.165) is 25.7 Å². The molecule has 0 spiro atoms. The second-order valence-electron chi connectivity index (χ2n) is 4.05. The van der Waals surface area contributed by atoms with Crippen molar-refractivity contribution in [3.8, 4) is 0 Å². The topological polar surface area (TPSA) is 52.6 Å². The molecule has 0 N–H and O–H groups in total. The van der Waals surface area contributed by atoms with Gasteiger partial charge in [-0.1, -0.05) is 32.8 Å². The Kier molecular flexibility index (Phi) is 10.0. The predicted octanol–water partition coefficient (Wildman–Crippen LogP) is 3.01. The summed E-state index contributed by atoms with van der Waals surface area (Å²) in [6, 6.07) is 0. The largest absolute Gasteiger partial charge is 0.465 e. The highest BCUT2D eigenvalue weighted by atomic mass is 16.5. The van der Waals surface area contributed by atoms with Crippen LogP contribution in [0.15, 0.2) is 11.6 Å². The van der Waals surface area contributed by atoms with Crippen molar-refractivity contribution >= 4 is 11.9 Å². The molecule has 0 amide bonds. The van der Waals surface area contributed by atoms with Gasteiger partial charge in [-0.15, -0.1) is 0 Å². The van der Waals surface area contributed by atoms with E-state index in [-0.39, 0.29) is 12.4 Å². The van der Waals surface area contributed by atoms with Gasteiger partial charge in [-0.3, -0.25) is 4.79 Å². The fourth-order valence-electron chi connectivity index (χ4n) is 1.23. The van der Waals surface area contributed by atoms with E-state index in [1.807, 2.05) is 13.8 Å². The molecular formula is C14H24O4. The van der Waals surface area contributed by atoms with Crippen molar-refractivity contribution in [2.24, 2.45) is 0 Å². The van der Waals surface area contributed by atoms with Crippen LogP contribution in [0.4, 0.5) is 0 Å². The Hall–Kier alpha value is -1.32. The van der Waals surface area contributed by atoms with Crippen molar-refractivity contribution < 1.29 is 19.1 Å². The molecule has 0 aromatic rings. The summed E-state index contributed by atoms with van der Waals surface area (Å²) in [5.74, 6) is -0.789. The Balaban J connectivity index is 4.02. The molecule has 18 heavy (non-hydrogen) atoms. The van der Waals surface area contributed by atoms with Gasteiger partial charge < -0.3 is 9.47 Å². The Morgan fingerprint density at radius 2 is 1.56 bits per heavy atom. The number of carbonyl (C=O) groups is 2. The molecule has 0 bridgehead atoms. The first-order chi connectivity index (χ1) is 8.65. The van der Waals surface area contributed by atoms with Crippen LogP contribution in [0.25, 0.3) is 0 Å². The number of allylic oxidation sites excluding steroid dienone is 1. The summed E-state index contributed by atoms with van der Waals surface area (Å²) in [6.07, 6.45) is 5.22. The Morgan fingerprint density at radius 1 is 1.00 bits per heavy atom. The molecule has 0 aliphatic heterocycles. The van der Waals surface area contributed by atoms with Crippen molar-refractivity contribution in [1.82, 2.24) is 0 Å². The quantitative estimate of drug-likeness (QED) is 0.361. The third-order valence-corrected chi connectivity index (χ3v) is 2.44. The van der Waals surface area contributed by atoms with Crippen LogP contribution < -0.4 is 0 Å². The molecule has 0 heterocycles. The monoisotopic (exact) mass is 256 g/mol. The number of ether oxygens (including phenoxy) is 2. The maximum atomic E-state index is 11.6. The van der Waals surface area contributed by atoms with Gasteiger partial charge in [-0.25, -0.2) is 4.79 Å². The molecule has 4 nitrogen and oxygen atoms in total. The van der Waals surface area contributed by atoms with Crippen LogP contribution in [0.5, 0.6) is 0 Å². The average molecular weight is 256 g/mol. The molecule has 0 fully saturated rings. The Morgan fingerprint density at radius 3 is 2.06 bits per heavy atom. The highest BCUT2D eigenvalue weighted by molar-refractivity contribution is 5.93. The van der Waals surface area contributed by atoms with E-state index in [9.17, 15) is 9.59 Å². The van der Waals surface area contributed by atoms with Crippen LogP contribution in [-0.2, 0) is 19.1 Å². The van der Waals surface area contributed by atoms with Crippen LogP contribution in [0, 0.1) is 0 Å². The molecule has 104 valence electrons. The zero-order valence-electron chi connectivity index (χ0n) is 11.7. The van der Waals surface area contributed by atoms with Crippen molar-refractivity contribution in [2.75, 3.05) is 13.2 Å². The number of hydrogen-bond donors (Lipinski definition) is 0. The molecule has 0 saturated carbocycles. The molecule has 0 aromatic carbocycles. The van der Waals surface area contributed by atoms with Crippen LogP contribution >= 0.6 is 0 Å². The number of unbranched alkanes of at least 4 members (excludes halogenated alkanes) is 2. The third-order valence-electron chi connectivity index (χ3n) is 2.44. The molecule has 0 aliphatic rings. The molecule has 0 unspecified atom stereocenters. The van der Waals surface area contributed by atoms with Crippen molar-refractivity contribution in [3.05, 3.63) is 11.6 Å². The molecule has 0 radical (unpaired) electrons. The minimum Gasteiger partial charge on any atom is -0.465 e. The van der Waals surface area contributed by atoms with Gasteiger partial charge in [0.25, 0.3) is 0 Å². The van der Waals surface area contributed by atoms with Gasteiger partial charge in [0.15, 0.2) is 0 Å². The van der Waals surface area contributed by atoms with E-state index in [1.54, 1.807) is 13.0 Å². The molecule has 0 atom stereocenters. The summed E-state index contributed by atoms with van der Waals surface area (Å²) >= 11 is 0. The lowest BCUT2D eigenvalue weighted by Crippen LogP contribution is -2.14. The first-order valence-corrected chi connectivity index (χ1v) is 6.63. The minimum absolute atomic E-state index is 0.00876. The van der Waals surface area contributed by atoms with Crippen LogP contribution in [-0.4, -0.2) is 25.2 Å². The van der Waals surface area contributed by atoms with Crippen LogP contribution in [0.2, 0.25) is 0 Å². The van der Waals surface area contributed by atoms with Gasteiger partial charge in [-0.05, 0) is 19.8 Å². The molecular weight excluding hydrogens is 232 g/mol. The Bertz CT molecular complexity index is 282. The Labute approximate surface area is 109 Å². The molecule has 0 rings (SSSR count). The van der Waals surface area contributed by atoms with Gasteiger partial charge in [-0.2, -0.15) is 0 Å². The normalized spacial score (nSPS) is 11.2. The maximum absolute atomic E-state index is 11.6. The number of carbonyl (C=O) groups excluding carboxylic acids is 2. The summed E-state index contributed by atoms with van der Waals surface area (Å²) in [7, 11) is 0. The summed E-state index contributed by atoms with van der Waals surface area (Å²) in [5, 5.41) is 0. The third kappa shape index (κ3) is 7.87. The van der Waals surface area contributed by atoms with Gasteiger partial charge in [0.1, 0.15) is 0 Å². The summed E-state index contributed by atoms with van der Waals surface area (Å²) in [6.45, 7) is 6.58. The molecule has 0 aromatic heterocycles. The number of esters is 2. The zero-order chi connectivity index (χ0) is 13.8. The van der Waals surface area contributed by atoms with E-state index >= 15 is 0 Å². The van der Waals surface area contributed by atoms with E-state index in [2.05, 4.69) is 0 Å². The van der Waals surface area contributed by atoms with E-state index < -0.39 is 5.97 Å². The second kappa shape index (κ2) is 10.8. The molecule has 0 saturated heterocycles. The SMILES string of the molecule is CC=C(CC(=O)OCCCC)C(=O)OCCCC. The lowest BCUT2D eigenvalue weighted by atomic mass is 10.2. The smallest absolute Gasteiger partial charge is 0.334 e. The number of hydrogen-bond acceptors (Lipinski definition) is 4. The lowest BCUT2D eigenvalue weighted by Gasteiger charge is -2.08. The average Bonchev–Trinajstić information content (AvgIpc) is 2.36. The highest BCUT2D eigenvalue weighted by Crippen LogP contribution is 2.07. The fourth-order valence-corrected chi connectivity index (χ4v) is 1.23. The first-order valence-electron chi connectivity index (χ1n) is 6.63. The van der Waals surface area contributed by atoms with E-state index in [0.29, 0.717) is 18.8 Å². The second-order valence-corrected chi connectivity index (χ2v) is 4.05. The van der Waals surface area contributed by atoms with Crippen molar-refractivity contribution in [1.29, 1.82) is 0 Å². The summed E-state index contributed by atoms with van der Waals surface area (Å²) in [4.78, 5) is 23.1. The van der Waals surface area contributed by atoms with E-state index in [4.69, 9.17) is 9.47 Å². The highest BCUT2D eigenvalue weighted by Gasteiger charge is 2.15. The first kappa shape index (κ1) is 16.7. The van der Waals surface area contributed by atoms with Gasteiger partial charge in [0.2, 0.25) is 0 Å². The minimum atomic E-state index is -0.418. The maximum Gasteiger partial charge on any atom is 0.334 e. The predicted molar refractivity (Wildman–Crippen MR) is 70.1 cm³/mol. The molecule has 0 aliphatic carbocycles. The van der Waals surface area contributed by atoms with Crippen LogP contribution in [0.3, 0.4) is 0 Å². The van der Waals surface area contributed by atoms with Gasteiger partial charge in [0.05, 0.1) is 19.6 Å². The zero-order valence-corrected chi connectivity index (χ0v) is 11.7. The summed E-state index contributed by atoms with van der Waals surface area (Å²) < 4.78 is 10.0. The molecule has 4 heteroatoms.